The minimum absolute atomic E-state index is 0.0586. The molecule has 1 aliphatic heterocycles. The summed E-state index contributed by atoms with van der Waals surface area (Å²) < 4.78 is 26.0. The van der Waals surface area contributed by atoms with Gasteiger partial charge in [0.05, 0.1) is 4.90 Å². The van der Waals surface area contributed by atoms with Crippen molar-refractivity contribution in [2.45, 2.75) is 24.7 Å². The van der Waals surface area contributed by atoms with Gasteiger partial charge in [-0.15, -0.1) is 0 Å². The van der Waals surface area contributed by atoms with Crippen molar-refractivity contribution in [3.63, 3.8) is 0 Å². The Morgan fingerprint density at radius 3 is 2.15 bits per heavy atom. The fraction of sp³-hybridized carbons (Fsp3) is 0.556. The molecular formula is C18H27N3O4S. The number of hydrogen-bond donors (Lipinski definition) is 0. The highest BCUT2D eigenvalue weighted by Gasteiger charge is 2.29. The molecule has 0 aromatic heterocycles. The van der Waals surface area contributed by atoms with E-state index >= 15 is 0 Å². The first-order chi connectivity index (χ1) is 12.1. The Hall–Kier alpha value is -1.93. The molecule has 144 valence electrons. The number of carbonyl (C=O) groups excluding carboxylic acids is 2. The third kappa shape index (κ3) is 4.07. The van der Waals surface area contributed by atoms with Gasteiger partial charge in [0, 0.05) is 52.8 Å². The molecule has 1 fully saturated rings. The standard InChI is InChI=1S/C18H27N3O4S/c1-13-6-7-15(12-16(13)26(24,25)20(4)5)18(23)21-10-8-14(9-11-21)17(22)19(2)3/h6-7,12,14H,8-11H2,1-5H3. The van der Waals surface area contributed by atoms with Gasteiger partial charge < -0.3 is 9.80 Å². The number of carbonyl (C=O) groups is 2. The van der Waals surface area contributed by atoms with Gasteiger partial charge in [-0.2, -0.15) is 0 Å². The lowest BCUT2D eigenvalue weighted by Gasteiger charge is -2.32. The quantitative estimate of drug-likeness (QED) is 0.785. The van der Waals surface area contributed by atoms with E-state index in [0.29, 0.717) is 37.1 Å². The SMILES string of the molecule is Cc1ccc(C(=O)N2CCC(C(=O)N(C)C)CC2)cc1S(=O)(=O)N(C)C. The molecule has 2 amide bonds. The third-order valence-corrected chi connectivity index (χ3v) is 6.72. The van der Waals surface area contributed by atoms with E-state index < -0.39 is 10.0 Å². The first-order valence-corrected chi connectivity index (χ1v) is 10.0. The molecule has 7 nitrogen and oxygen atoms in total. The van der Waals surface area contributed by atoms with Crippen LogP contribution in [0, 0.1) is 12.8 Å². The molecule has 0 atom stereocenters. The molecule has 0 bridgehead atoms. The maximum absolute atomic E-state index is 12.8. The molecule has 1 aromatic carbocycles. The Morgan fingerprint density at radius 2 is 1.65 bits per heavy atom. The van der Waals surface area contributed by atoms with Crippen LogP contribution in [-0.2, 0) is 14.8 Å². The number of aryl methyl sites for hydroxylation is 1. The first-order valence-electron chi connectivity index (χ1n) is 8.59. The highest BCUT2D eigenvalue weighted by atomic mass is 32.2. The number of sulfonamides is 1. The Kier molecular flexibility index (Phi) is 6.08. The van der Waals surface area contributed by atoms with Crippen molar-refractivity contribution < 1.29 is 18.0 Å². The van der Waals surface area contributed by atoms with Crippen LogP contribution in [0.5, 0.6) is 0 Å². The Balaban J connectivity index is 2.18. The van der Waals surface area contributed by atoms with Gasteiger partial charge >= 0.3 is 0 Å². The van der Waals surface area contributed by atoms with Crippen LogP contribution in [0.2, 0.25) is 0 Å². The van der Waals surface area contributed by atoms with E-state index in [4.69, 9.17) is 0 Å². The molecule has 1 aromatic rings. The van der Waals surface area contributed by atoms with Gasteiger partial charge in [-0.25, -0.2) is 12.7 Å². The Bertz CT molecular complexity index is 795. The van der Waals surface area contributed by atoms with Crippen LogP contribution < -0.4 is 0 Å². The van der Waals surface area contributed by atoms with E-state index in [0.717, 1.165) is 4.31 Å². The van der Waals surface area contributed by atoms with Crippen LogP contribution in [0.4, 0.5) is 0 Å². The summed E-state index contributed by atoms with van der Waals surface area (Å²) >= 11 is 0. The second kappa shape index (κ2) is 7.75. The van der Waals surface area contributed by atoms with E-state index in [1.807, 2.05) is 0 Å². The zero-order valence-corrected chi connectivity index (χ0v) is 16.8. The average molecular weight is 381 g/mol. The van der Waals surface area contributed by atoms with Crippen LogP contribution in [0.15, 0.2) is 23.1 Å². The number of benzene rings is 1. The van der Waals surface area contributed by atoms with Crippen molar-refractivity contribution in [1.29, 1.82) is 0 Å². The van der Waals surface area contributed by atoms with Crippen molar-refractivity contribution in [1.82, 2.24) is 14.1 Å². The molecule has 1 heterocycles. The number of hydrogen-bond acceptors (Lipinski definition) is 4. The van der Waals surface area contributed by atoms with Crippen LogP contribution in [-0.4, -0.2) is 75.6 Å². The van der Waals surface area contributed by atoms with Gasteiger partial charge in [0.1, 0.15) is 0 Å². The maximum atomic E-state index is 12.8. The second-order valence-electron chi connectivity index (χ2n) is 7.07. The lowest BCUT2D eigenvalue weighted by molar-refractivity contribution is -0.134. The molecule has 0 aliphatic carbocycles. The average Bonchev–Trinajstić information content (AvgIpc) is 2.60. The van der Waals surface area contributed by atoms with E-state index in [1.54, 1.807) is 43.0 Å². The monoisotopic (exact) mass is 381 g/mol. The fourth-order valence-electron chi connectivity index (χ4n) is 3.08. The van der Waals surface area contributed by atoms with E-state index in [-0.39, 0.29) is 22.6 Å². The third-order valence-electron chi connectivity index (χ3n) is 4.77. The van der Waals surface area contributed by atoms with Gasteiger partial charge in [0.15, 0.2) is 0 Å². The summed E-state index contributed by atoms with van der Waals surface area (Å²) in [5.41, 5.74) is 0.957. The molecule has 1 aliphatic rings. The van der Waals surface area contributed by atoms with Gasteiger partial charge in [-0.1, -0.05) is 6.07 Å². The molecule has 2 rings (SSSR count). The summed E-state index contributed by atoms with van der Waals surface area (Å²) in [6.45, 7) is 2.70. The highest BCUT2D eigenvalue weighted by molar-refractivity contribution is 7.89. The van der Waals surface area contributed by atoms with Crippen LogP contribution in [0.3, 0.4) is 0 Å². The fourth-order valence-corrected chi connectivity index (χ4v) is 4.23. The minimum Gasteiger partial charge on any atom is -0.349 e. The van der Waals surface area contributed by atoms with E-state index in [1.165, 1.54) is 20.2 Å². The normalized spacial score (nSPS) is 16.0. The Morgan fingerprint density at radius 1 is 1.08 bits per heavy atom. The summed E-state index contributed by atoms with van der Waals surface area (Å²) in [5, 5.41) is 0. The molecule has 0 spiro atoms. The number of nitrogens with zero attached hydrogens (tertiary/aromatic N) is 3. The Labute approximate surface area is 155 Å². The predicted octanol–water partition coefficient (Wildman–Crippen LogP) is 1.19. The lowest BCUT2D eigenvalue weighted by atomic mass is 9.95. The van der Waals surface area contributed by atoms with Gasteiger partial charge in [0.25, 0.3) is 5.91 Å². The van der Waals surface area contributed by atoms with Gasteiger partial charge in [0.2, 0.25) is 15.9 Å². The zero-order chi connectivity index (χ0) is 19.6. The molecule has 8 heteroatoms. The van der Waals surface area contributed by atoms with Crippen molar-refractivity contribution in [2.75, 3.05) is 41.3 Å². The molecule has 0 N–H and O–H groups in total. The molecule has 0 unspecified atom stereocenters. The van der Waals surface area contributed by atoms with Crippen LogP contribution >= 0.6 is 0 Å². The number of amides is 2. The highest BCUT2D eigenvalue weighted by Crippen LogP contribution is 2.23. The topological polar surface area (TPSA) is 78.0 Å². The van der Waals surface area contributed by atoms with Crippen molar-refractivity contribution in [3.05, 3.63) is 29.3 Å². The smallest absolute Gasteiger partial charge is 0.253 e. The summed E-state index contributed by atoms with van der Waals surface area (Å²) in [4.78, 5) is 28.3. The minimum atomic E-state index is -3.61. The van der Waals surface area contributed by atoms with Crippen molar-refractivity contribution >= 4 is 21.8 Å². The summed E-state index contributed by atoms with van der Waals surface area (Å²) in [7, 11) is 2.79. The molecule has 1 saturated heterocycles. The van der Waals surface area contributed by atoms with Gasteiger partial charge in [-0.05, 0) is 37.5 Å². The molecule has 0 radical (unpaired) electrons. The van der Waals surface area contributed by atoms with Crippen molar-refractivity contribution in [3.8, 4) is 0 Å². The number of rotatable bonds is 4. The predicted molar refractivity (Wildman–Crippen MR) is 99.4 cm³/mol. The van der Waals surface area contributed by atoms with Crippen LogP contribution in [0.25, 0.3) is 0 Å². The lowest BCUT2D eigenvalue weighted by Crippen LogP contribution is -2.42. The molecule has 26 heavy (non-hydrogen) atoms. The van der Waals surface area contributed by atoms with Crippen molar-refractivity contribution in [2.24, 2.45) is 5.92 Å². The molecular weight excluding hydrogens is 354 g/mol. The number of piperidine rings is 1. The molecule has 0 saturated carbocycles. The van der Waals surface area contributed by atoms with Gasteiger partial charge in [-0.3, -0.25) is 9.59 Å². The van der Waals surface area contributed by atoms with E-state index in [9.17, 15) is 18.0 Å². The summed E-state index contributed by atoms with van der Waals surface area (Å²) in [6.07, 6.45) is 1.24. The summed E-state index contributed by atoms with van der Waals surface area (Å²) in [6, 6.07) is 4.76. The number of likely N-dealkylation sites (tertiary alicyclic amines) is 1. The largest absolute Gasteiger partial charge is 0.349 e. The van der Waals surface area contributed by atoms with Crippen LogP contribution in [0.1, 0.15) is 28.8 Å². The summed E-state index contributed by atoms with van der Waals surface area (Å²) in [5.74, 6) is -0.167. The zero-order valence-electron chi connectivity index (χ0n) is 16.0. The maximum Gasteiger partial charge on any atom is 0.253 e. The first kappa shape index (κ1) is 20.4. The van der Waals surface area contributed by atoms with E-state index in [2.05, 4.69) is 0 Å². The second-order valence-corrected chi connectivity index (χ2v) is 9.19.